The molecule has 0 N–H and O–H groups in total. The highest BCUT2D eigenvalue weighted by Crippen LogP contribution is 2.20. The zero-order valence-corrected chi connectivity index (χ0v) is 14.2. The minimum absolute atomic E-state index is 0.242. The van der Waals surface area contributed by atoms with Crippen molar-refractivity contribution in [3.8, 4) is 0 Å². The summed E-state index contributed by atoms with van der Waals surface area (Å²) < 4.78 is 7.03. The third-order valence-corrected chi connectivity index (χ3v) is 3.92. The largest absolute Gasteiger partial charge is 0.462 e. The van der Waals surface area contributed by atoms with Gasteiger partial charge in [0, 0.05) is 18.3 Å². The van der Waals surface area contributed by atoms with Gasteiger partial charge in [-0.15, -0.1) is 0 Å². The van der Waals surface area contributed by atoms with Crippen LogP contribution in [-0.2, 0) is 4.74 Å². The summed E-state index contributed by atoms with van der Waals surface area (Å²) in [7, 11) is 1.16. The fourth-order valence-corrected chi connectivity index (χ4v) is 2.79. The van der Waals surface area contributed by atoms with E-state index < -0.39 is 0 Å². The second-order valence-corrected chi connectivity index (χ2v) is 6.21. The van der Waals surface area contributed by atoms with Crippen LogP contribution in [0.3, 0.4) is 0 Å². The van der Waals surface area contributed by atoms with Gasteiger partial charge in [0.05, 0.1) is 12.2 Å². The smallest absolute Gasteiger partial charge is 0.339 e. The predicted molar refractivity (Wildman–Crippen MR) is 76.5 cm³/mol. The van der Waals surface area contributed by atoms with Crippen molar-refractivity contribution in [3.63, 3.8) is 0 Å². The van der Waals surface area contributed by atoms with Crippen molar-refractivity contribution < 1.29 is 9.53 Å². The number of ether oxygens (including phenoxy) is 1. The van der Waals surface area contributed by atoms with Crippen molar-refractivity contribution >= 4 is 54.7 Å². The van der Waals surface area contributed by atoms with Crippen LogP contribution in [0.5, 0.6) is 0 Å². The predicted octanol–water partition coefficient (Wildman–Crippen LogP) is 2.38. The Hall–Kier alpha value is 0.117. The normalized spacial score (nSPS) is 10.3. The second-order valence-electron chi connectivity index (χ2n) is 3.11. The molecule has 0 aromatic heterocycles. The summed E-state index contributed by atoms with van der Waals surface area (Å²) in [5, 5.41) is 0. The van der Waals surface area contributed by atoms with Crippen LogP contribution in [0.25, 0.3) is 0 Å². The molecular formula is C10H12BrIO2Si. The molecule has 1 rings (SSSR count). The molecule has 0 heterocycles. The van der Waals surface area contributed by atoms with Gasteiger partial charge in [-0.3, -0.25) is 0 Å². The van der Waals surface area contributed by atoms with Gasteiger partial charge in [0.25, 0.3) is 0 Å². The van der Waals surface area contributed by atoms with Crippen molar-refractivity contribution in [1.82, 2.24) is 0 Å². The van der Waals surface area contributed by atoms with Gasteiger partial charge < -0.3 is 4.74 Å². The van der Waals surface area contributed by atoms with E-state index in [4.69, 9.17) is 4.74 Å². The Balaban J connectivity index is 2.65. The number of benzene rings is 1. The Kier molecular flexibility index (Phi) is 5.84. The van der Waals surface area contributed by atoms with Crippen LogP contribution in [0.4, 0.5) is 0 Å². The average Bonchev–Trinajstić information content (AvgIpc) is 2.17. The number of esters is 1. The van der Waals surface area contributed by atoms with Crippen molar-refractivity contribution in [2.24, 2.45) is 0 Å². The molecule has 0 atom stereocenters. The lowest BCUT2D eigenvalue weighted by molar-refractivity contribution is 0.0504. The maximum atomic E-state index is 11.6. The number of hydrogen-bond acceptors (Lipinski definition) is 2. The third-order valence-electron chi connectivity index (χ3n) is 1.88. The molecular weight excluding hydrogens is 387 g/mol. The zero-order chi connectivity index (χ0) is 11.3. The van der Waals surface area contributed by atoms with Gasteiger partial charge in [-0.1, -0.05) is 6.04 Å². The molecule has 2 nitrogen and oxygen atoms in total. The van der Waals surface area contributed by atoms with Gasteiger partial charge in [-0.05, 0) is 63.1 Å². The van der Waals surface area contributed by atoms with E-state index in [2.05, 4.69) is 38.5 Å². The third kappa shape index (κ3) is 4.24. The SMILES string of the molecule is O=C(OCCC[SiH3])c1ccc(I)cc1Br. The summed E-state index contributed by atoms with van der Waals surface area (Å²) in [6, 6.07) is 6.76. The van der Waals surface area contributed by atoms with Gasteiger partial charge in [0.15, 0.2) is 0 Å². The molecule has 0 amide bonds. The lowest BCUT2D eigenvalue weighted by Gasteiger charge is -2.05. The summed E-state index contributed by atoms with van der Waals surface area (Å²) in [4.78, 5) is 11.6. The molecule has 1 aromatic carbocycles. The Labute approximate surface area is 114 Å². The van der Waals surface area contributed by atoms with E-state index >= 15 is 0 Å². The van der Waals surface area contributed by atoms with Gasteiger partial charge >= 0.3 is 5.97 Å². The molecule has 0 saturated carbocycles. The minimum atomic E-state index is -0.242. The second kappa shape index (κ2) is 6.65. The molecule has 5 heteroatoms. The molecule has 0 radical (unpaired) electrons. The standard InChI is InChI=1S/C10H12BrIO2Si/c11-9-6-7(12)2-3-8(9)10(13)14-4-1-5-15/h2-3,6H,1,4-5H2,15H3. The van der Waals surface area contributed by atoms with E-state index in [1.165, 1.54) is 6.04 Å². The van der Waals surface area contributed by atoms with E-state index in [0.29, 0.717) is 12.2 Å². The molecule has 82 valence electrons. The molecule has 0 saturated heterocycles. The molecule has 1 aromatic rings. The van der Waals surface area contributed by atoms with E-state index in [9.17, 15) is 4.79 Å². The van der Waals surface area contributed by atoms with Crippen LogP contribution in [-0.4, -0.2) is 22.8 Å². The van der Waals surface area contributed by atoms with Crippen LogP contribution in [0, 0.1) is 3.57 Å². The van der Waals surface area contributed by atoms with E-state index in [1.54, 1.807) is 6.07 Å². The monoisotopic (exact) mass is 398 g/mol. The van der Waals surface area contributed by atoms with Crippen LogP contribution < -0.4 is 0 Å². The molecule has 0 aliphatic carbocycles. The van der Waals surface area contributed by atoms with Crippen molar-refractivity contribution in [3.05, 3.63) is 31.8 Å². The molecule has 15 heavy (non-hydrogen) atoms. The molecule has 0 fully saturated rings. The molecule has 0 spiro atoms. The molecule has 0 aliphatic rings. The lowest BCUT2D eigenvalue weighted by Crippen LogP contribution is -2.07. The topological polar surface area (TPSA) is 26.3 Å². The summed E-state index contributed by atoms with van der Waals surface area (Å²) in [6.45, 7) is 0.529. The van der Waals surface area contributed by atoms with E-state index in [0.717, 1.165) is 24.7 Å². The summed E-state index contributed by atoms with van der Waals surface area (Å²) >= 11 is 5.56. The fraction of sp³-hybridized carbons (Fsp3) is 0.300. The number of hydrogen-bond donors (Lipinski definition) is 0. The molecule has 0 unspecified atom stereocenters. The first-order chi connectivity index (χ1) is 7.15. The van der Waals surface area contributed by atoms with Crippen molar-refractivity contribution in [1.29, 1.82) is 0 Å². The van der Waals surface area contributed by atoms with Crippen LogP contribution >= 0.6 is 38.5 Å². The van der Waals surface area contributed by atoms with Crippen molar-refractivity contribution in [2.75, 3.05) is 6.61 Å². The summed E-state index contributed by atoms with van der Waals surface area (Å²) in [5.41, 5.74) is 0.601. The minimum Gasteiger partial charge on any atom is -0.462 e. The Morgan fingerprint density at radius 3 is 2.87 bits per heavy atom. The fourth-order valence-electron chi connectivity index (χ4n) is 1.04. The molecule has 0 bridgehead atoms. The maximum absolute atomic E-state index is 11.6. The summed E-state index contributed by atoms with van der Waals surface area (Å²) in [6.07, 6.45) is 0.972. The Morgan fingerprint density at radius 2 is 2.27 bits per heavy atom. The number of carbonyl (C=O) groups is 1. The van der Waals surface area contributed by atoms with Gasteiger partial charge in [0.2, 0.25) is 0 Å². The zero-order valence-electron chi connectivity index (χ0n) is 8.43. The number of rotatable bonds is 4. The van der Waals surface area contributed by atoms with Crippen LogP contribution in [0.2, 0.25) is 6.04 Å². The first-order valence-electron chi connectivity index (χ1n) is 4.77. The number of carbonyl (C=O) groups excluding carboxylic acids is 1. The van der Waals surface area contributed by atoms with Crippen LogP contribution in [0.1, 0.15) is 16.8 Å². The van der Waals surface area contributed by atoms with Gasteiger partial charge in [-0.2, -0.15) is 0 Å². The Bertz CT molecular complexity index is 357. The van der Waals surface area contributed by atoms with Gasteiger partial charge in [-0.25, -0.2) is 4.79 Å². The van der Waals surface area contributed by atoms with Crippen molar-refractivity contribution in [2.45, 2.75) is 12.5 Å². The first-order valence-corrected chi connectivity index (χ1v) is 8.06. The average molecular weight is 399 g/mol. The highest BCUT2D eigenvalue weighted by atomic mass is 127. The Morgan fingerprint density at radius 1 is 1.53 bits per heavy atom. The van der Waals surface area contributed by atoms with Gasteiger partial charge in [0.1, 0.15) is 0 Å². The lowest BCUT2D eigenvalue weighted by atomic mass is 10.2. The van der Waals surface area contributed by atoms with E-state index in [1.807, 2.05) is 12.1 Å². The highest BCUT2D eigenvalue weighted by Gasteiger charge is 2.10. The summed E-state index contributed by atoms with van der Waals surface area (Å²) in [5.74, 6) is -0.242. The van der Waals surface area contributed by atoms with Crippen LogP contribution in [0.15, 0.2) is 22.7 Å². The quantitative estimate of drug-likeness (QED) is 0.337. The maximum Gasteiger partial charge on any atom is 0.339 e. The van der Waals surface area contributed by atoms with E-state index in [-0.39, 0.29) is 5.97 Å². The first kappa shape index (κ1) is 13.2. The number of halogens is 2. The molecule has 0 aliphatic heterocycles. The highest BCUT2D eigenvalue weighted by molar-refractivity contribution is 14.1.